The van der Waals surface area contributed by atoms with E-state index >= 15 is 0 Å². The highest BCUT2D eigenvalue weighted by molar-refractivity contribution is 5.25. The molecule has 3 heteroatoms. The molecule has 2 rings (SSSR count). The molecule has 0 unspecified atom stereocenters. The standard InChI is InChI=1S/C13H15NO2/c1-10-2-7-13(16-10)9-14-8-11-3-5-12(15)6-4-11/h2-7,14-15H,8-9H2,1H3. The fourth-order valence-electron chi connectivity index (χ4n) is 1.52. The van der Waals surface area contributed by atoms with Gasteiger partial charge in [0.25, 0.3) is 0 Å². The van der Waals surface area contributed by atoms with Gasteiger partial charge in [-0.1, -0.05) is 12.1 Å². The Bertz CT molecular complexity index is 445. The van der Waals surface area contributed by atoms with E-state index in [-0.39, 0.29) is 0 Å². The highest BCUT2D eigenvalue weighted by atomic mass is 16.3. The van der Waals surface area contributed by atoms with Gasteiger partial charge in [-0.2, -0.15) is 0 Å². The van der Waals surface area contributed by atoms with Crippen LogP contribution in [0.5, 0.6) is 5.75 Å². The van der Waals surface area contributed by atoms with Crippen LogP contribution >= 0.6 is 0 Å². The Morgan fingerprint density at radius 1 is 1.06 bits per heavy atom. The molecule has 0 radical (unpaired) electrons. The van der Waals surface area contributed by atoms with Crippen LogP contribution in [0.1, 0.15) is 17.1 Å². The van der Waals surface area contributed by atoms with Crippen LogP contribution in [-0.4, -0.2) is 5.11 Å². The number of hydrogen-bond acceptors (Lipinski definition) is 3. The van der Waals surface area contributed by atoms with Gasteiger partial charge in [0.2, 0.25) is 0 Å². The minimum atomic E-state index is 0.297. The zero-order valence-electron chi connectivity index (χ0n) is 9.23. The molecule has 0 saturated heterocycles. The molecule has 0 saturated carbocycles. The van der Waals surface area contributed by atoms with Gasteiger partial charge in [0, 0.05) is 6.54 Å². The molecule has 0 spiro atoms. The van der Waals surface area contributed by atoms with Crippen molar-refractivity contribution in [1.82, 2.24) is 5.32 Å². The number of nitrogens with one attached hydrogen (secondary N) is 1. The molecule has 1 aromatic carbocycles. The Morgan fingerprint density at radius 3 is 2.44 bits per heavy atom. The molecule has 0 aliphatic rings. The predicted molar refractivity (Wildman–Crippen MR) is 62.1 cm³/mol. The number of hydrogen-bond donors (Lipinski definition) is 2. The van der Waals surface area contributed by atoms with E-state index in [2.05, 4.69) is 5.32 Å². The van der Waals surface area contributed by atoms with Crippen molar-refractivity contribution >= 4 is 0 Å². The molecule has 0 fully saturated rings. The van der Waals surface area contributed by atoms with Gasteiger partial charge in [0.15, 0.2) is 0 Å². The number of aryl methyl sites for hydroxylation is 1. The van der Waals surface area contributed by atoms with Crippen LogP contribution in [-0.2, 0) is 13.1 Å². The molecule has 16 heavy (non-hydrogen) atoms. The van der Waals surface area contributed by atoms with Crippen LogP contribution in [0.2, 0.25) is 0 Å². The van der Waals surface area contributed by atoms with Crippen molar-refractivity contribution in [1.29, 1.82) is 0 Å². The lowest BCUT2D eigenvalue weighted by molar-refractivity contribution is 0.461. The molecular weight excluding hydrogens is 202 g/mol. The summed E-state index contributed by atoms with van der Waals surface area (Å²) in [5.41, 5.74) is 1.14. The average molecular weight is 217 g/mol. The topological polar surface area (TPSA) is 45.4 Å². The molecule has 0 amide bonds. The van der Waals surface area contributed by atoms with E-state index in [0.29, 0.717) is 12.3 Å². The van der Waals surface area contributed by atoms with Gasteiger partial charge >= 0.3 is 0 Å². The number of phenols is 1. The summed E-state index contributed by atoms with van der Waals surface area (Å²) in [6.45, 7) is 3.41. The molecule has 84 valence electrons. The lowest BCUT2D eigenvalue weighted by Crippen LogP contribution is -2.11. The first kappa shape index (κ1) is 10.8. The molecule has 0 atom stereocenters. The Morgan fingerprint density at radius 2 is 1.81 bits per heavy atom. The van der Waals surface area contributed by atoms with Crippen molar-refractivity contribution in [2.45, 2.75) is 20.0 Å². The van der Waals surface area contributed by atoms with Crippen LogP contribution in [0.15, 0.2) is 40.8 Å². The van der Waals surface area contributed by atoms with E-state index < -0.39 is 0 Å². The van der Waals surface area contributed by atoms with Crippen molar-refractivity contribution in [3.8, 4) is 5.75 Å². The average Bonchev–Trinajstić information content (AvgIpc) is 2.67. The summed E-state index contributed by atoms with van der Waals surface area (Å²) in [6, 6.07) is 11.1. The molecule has 3 nitrogen and oxygen atoms in total. The van der Waals surface area contributed by atoms with Crippen molar-refractivity contribution in [3.05, 3.63) is 53.5 Å². The summed E-state index contributed by atoms with van der Waals surface area (Å²) in [6.07, 6.45) is 0. The Balaban J connectivity index is 1.82. The van der Waals surface area contributed by atoms with Gasteiger partial charge in [-0.05, 0) is 36.8 Å². The third-order valence-corrected chi connectivity index (χ3v) is 2.36. The summed E-state index contributed by atoms with van der Waals surface area (Å²) < 4.78 is 5.44. The molecule has 1 aromatic heterocycles. The van der Waals surface area contributed by atoms with Crippen molar-refractivity contribution < 1.29 is 9.52 Å². The van der Waals surface area contributed by atoms with Gasteiger partial charge in [0.1, 0.15) is 17.3 Å². The summed E-state index contributed by atoms with van der Waals surface area (Å²) in [5, 5.41) is 12.4. The third kappa shape index (κ3) is 2.87. The smallest absolute Gasteiger partial charge is 0.117 e. The molecular formula is C13H15NO2. The maximum absolute atomic E-state index is 9.13. The maximum Gasteiger partial charge on any atom is 0.117 e. The minimum Gasteiger partial charge on any atom is -0.508 e. The quantitative estimate of drug-likeness (QED) is 0.827. The van der Waals surface area contributed by atoms with Gasteiger partial charge in [-0.3, -0.25) is 0 Å². The van der Waals surface area contributed by atoms with Crippen LogP contribution in [0.3, 0.4) is 0 Å². The van der Waals surface area contributed by atoms with Gasteiger partial charge in [-0.15, -0.1) is 0 Å². The summed E-state index contributed by atoms with van der Waals surface area (Å²) in [4.78, 5) is 0. The lowest BCUT2D eigenvalue weighted by atomic mass is 10.2. The second-order valence-corrected chi connectivity index (χ2v) is 3.78. The first-order chi connectivity index (χ1) is 7.74. The molecule has 2 N–H and O–H groups in total. The summed E-state index contributed by atoms with van der Waals surface area (Å²) in [5.74, 6) is 2.17. The van der Waals surface area contributed by atoms with E-state index in [1.807, 2.05) is 31.2 Å². The van der Waals surface area contributed by atoms with Crippen LogP contribution < -0.4 is 5.32 Å². The molecule has 2 aromatic rings. The van der Waals surface area contributed by atoms with E-state index in [0.717, 1.165) is 23.6 Å². The Hall–Kier alpha value is -1.74. The van der Waals surface area contributed by atoms with E-state index in [1.54, 1.807) is 12.1 Å². The molecule has 0 aliphatic carbocycles. The summed E-state index contributed by atoms with van der Waals surface area (Å²) in [7, 11) is 0. The fraction of sp³-hybridized carbons (Fsp3) is 0.231. The van der Waals surface area contributed by atoms with Crippen LogP contribution in [0.25, 0.3) is 0 Å². The predicted octanol–water partition coefficient (Wildman–Crippen LogP) is 2.58. The highest BCUT2D eigenvalue weighted by Gasteiger charge is 1.98. The number of rotatable bonds is 4. The van der Waals surface area contributed by atoms with Crippen LogP contribution in [0.4, 0.5) is 0 Å². The molecule has 0 bridgehead atoms. The zero-order chi connectivity index (χ0) is 11.4. The second-order valence-electron chi connectivity index (χ2n) is 3.78. The van der Waals surface area contributed by atoms with Crippen molar-refractivity contribution in [2.24, 2.45) is 0 Å². The fourth-order valence-corrected chi connectivity index (χ4v) is 1.52. The number of furan rings is 1. The Kier molecular flexibility index (Phi) is 3.27. The Labute approximate surface area is 94.7 Å². The summed E-state index contributed by atoms with van der Waals surface area (Å²) >= 11 is 0. The number of benzene rings is 1. The van der Waals surface area contributed by atoms with Gasteiger partial charge in [0.05, 0.1) is 6.54 Å². The number of aromatic hydroxyl groups is 1. The zero-order valence-corrected chi connectivity index (χ0v) is 9.23. The van der Waals surface area contributed by atoms with Gasteiger partial charge in [-0.25, -0.2) is 0 Å². The van der Waals surface area contributed by atoms with E-state index in [4.69, 9.17) is 9.52 Å². The van der Waals surface area contributed by atoms with E-state index in [1.165, 1.54) is 0 Å². The lowest BCUT2D eigenvalue weighted by Gasteiger charge is -2.03. The first-order valence-corrected chi connectivity index (χ1v) is 5.28. The minimum absolute atomic E-state index is 0.297. The van der Waals surface area contributed by atoms with Crippen molar-refractivity contribution in [3.63, 3.8) is 0 Å². The monoisotopic (exact) mass is 217 g/mol. The van der Waals surface area contributed by atoms with Gasteiger partial charge < -0.3 is 14.8 Å². The third-order valence-electron chi connectivity index (χ3n) is 2.36. The normalized spacial score (nSPS) is 10.6. The largest absolute Gasteiger partial charge is 0.508 e. The number of phenolic OH excluding ortho intramolecular Hbond substituents is 1. The van der Waals surface area contributed by atoms with Crippen LogP contribution in [0, 0.1) is 6.92 Å². The van der Waals surface area contributed by atoms with E-state index in [9.17, 15) is 0 Å². The first-order valence-electron chi connectivity index (χ1n) is 5.28. The highest BCUT2D eigenvalue weighted by Crippen LogP contribution is 2.10. The maximum atomic E-state index is 9.13. The SMILES string of the molecule is Cc1ccc(CNCc2ccc(O)cc2)o1. The van der Waals surface area contributed by atoms with Crippen molar-refractivity contribution in [2.75, 3.05) is 0 Å². The molecule has 1 heterocycles. The molecule has 0 aliphatic heterocycles. The second kappa shape index (κ2) is 4.86.